The largest absolute Gasteiger partial charge is 0.491 e. The number of nitrogens with two attached hydrogens (primary N) is 1. The van der Waals surface area contributed by atoms with E-state index in [0.29, 0.717) is 5.75 Å². The van der Waals surface area contributed by atoms with Crippen molar-refractivity contribution in [1.82, 2.24) is 5.32 Å². The van der Waals surface area contributed by atoms with Crippen LogP contribution in [0.5, 0.6) is 5.75 Å². The number of benzene rings is 1. The van der Waals surface area contributed by atoms with Gasteiger partial charge in [0.05, 0.1) is 18.5 Å². The maximum atomic E-state index is 11.5. The zero-order valence-corrected chi connectivity index (χ0v) is 10.7. The Labute approximate surface area is 111 Å². The van der Waals surface area contributed by atoms with E-state index in [1.807, 2.05) is 30.3 Å². The molecule has 0 radical (unpaired) electrons. The highest BCUT2D eigenvalue weighted by atomic mass is 16.5. The molecule has 6 heteroatoms. The first-order chi connectivity index (χ1) is 8.99. The van der Waals surface area contributed by atoms with Crippen molar-refractivity contribution in [2.75, 3.05) is 6.61 Å². The summed E-state index contributed by atoms with van der Waals surface area (Å²) in [5.74, 6) is -0.888. The Hall–Kier alpha value is -2.08. The molecule has 1 aromatic carbocycles. The van der Waals surface area contributed by atoms with Gasteiger partial charge in [-0.15, -0.1) is 0 Å². The van der Waals surface area contributed by atoms with Gasteiger partial charge in [-0.3, -0.25) is 9.59 Å². The smallest absolute Gasteiger partial charge is 0.305 e. The van der Waals surface area contributed by atoms with Crippen LogP contribution in [0.15, 0.2) is 30.3 Å². The molecule has 0 unspecified atom stereocenters. The number of hydrogen-bond acceptors (Lipinski definition) is 4. The lowest BCUT2D eigenvalue weighted by atomic mass is 10.2. The Morgan fingerprint density at radius 2 is 2.00 bits per heavy atom. The van der Waals surface area contributed by atoms with E-state index in [9.17, 15) is 9.59 Å². The molecule has 0 bridgehead atoms. The summed E-state index contributed by atoms with van der Waals surface area (Å²) in [6.07, 6.45) is -0.391. The number of amides is 1. The van der Waals surface area contributed by atoms with E-state index >= 15 is 0 Å². The maximum Gasteiger partial charge on any atom is 0.305 e. The zero-order chi connectivity index (χ0) is 14.3. The third-order valence-electron chi connectivity index (χ3n) is 2.36. The number of para-hydroxylation sites is 1. The van der Waals surface area contributed by atoms with E-state index in [2.05, 4.69) is 5.32 Å². The summed E-state index contributed by atoms with van der Waals surface area (Å²) in [7, 11) is 0. The van der Waals surface area contributed by atoms with Crippen molar-refractivity contribution < 1.29 is 19.4 Å². The normalized spacial score (nSPS) is 13.4. The van der Waals surface area contributed by atoms with Crippen molar-refractivity contribution >= 4 is 11.9 Å². The second-order valence-electron chi connectivity index (χ2n) is 4.24. The van der Waals surface area contributed by atoms with Crippen LogP contribution in [0.3, 0.4) is 0 Å². The summed E-state index contributed by atoms with van der Waals surface area (Å²) < 4.78 is 5.46. The molecular formula is C13H18N2O4. The number of carboxylic acids is 1. The van der Waals surface area contributed by atoms with E-state index in [0.717, 1.165) is 0 Å². The molecule has 0 heterocycles. The molecular weight excluding hydrogens is 248 g/mol. The van der Waals surface area contributed by atoms with Gasteiger partial charge in [0.15, 0.2) is 0 Å². The van der Waals surface area contributed by atoms with E-state index in [4.69, 9.17) is 15.6 Å². The molecule has 0 saturated heterocycles. The number of aliphatic carboxylic acids is 1. The summed E-state index contributed by atoms with van der Waals surface area (Å²) >= 11 is 0. The first-order valence-corrected chi connectivity index (χ1v) is 5.94. The van der Waals surface area contributed by atoms with Crippen molar-refractivity contribution in [3.63, 3.8) is 0 Å². The first kappa shape index (κ1) is 15.0. The van der Waals surface area contributed by atoms with Gasteiger partial charge in [0.1, 0.15) is 12.4 Å². The Morgan fingerprint density at radius 3 is 2.58 bits per heavy atom. The topological polar surface area (TPSA) is 102 Å². The van der Waals surface area contributed by atoms with E-state index in [-0.39, 0.29) is 12.6 Å². The minimum Gasteiger partial charge on any atom is -0.491 e. The summed E-state index contributed by atoms with van der Waals surface area (Å²) in [6.45, 7) is 2.05. The van der Waals surface area contributed by atoms with E-state index in [1.54, 1.807) is 6.92 Å². The fourth-order valence-electron chi connectivity index (χ4n) is 1.41. The Kier molecular flexibility index (Phi) is 5.81. The van der Waals surface area contributed by atoms with Gasteiger partial charge in [0.25, 0.3) is 0 Å². The fourth-order valence-corrected chi connectivity index (χ4v) is 1.41. The highest BCUT2D eigenvalue weighted by Crippen LogP contribution is 2.08. The van der Waals surface area contributed by atoms with Crippen molar-refractivity contribution in [1.29, 1.82) is 0 Å². The number of hydrogen-bond donors (Lipinski definition) is 3. The molecule has 0 aliphatic carbocycles. The molecule has 1 rings (SSSR count). The SMILES string of the molecule is C[C@@H](COc1ccccc1)NC(=O)[C@@H](N)CC(=O)O. The highest BCUT2D eigenvalue weighted by Gasteiger charge is 2.18. The molecule has 1 aromatic rings. The molecule has 0 spiro atoms. The summed E-state index contributed by atoms with van der Waals surface area (Å²) in [6, 6.07) is 7.89. The Balaban J connectivity index is 2.32. The average Bonchev–Trinajstić information content (AvgIpc) is 2.36. The minimum absolute atomic E-state index is 0.257. The van der Waals surface area contributed by atoms with Crippen LogP contribution in [-0.4, -0.2) is 35.7 Å². The molecule has 2 atom stereocenters. The molecule has 0 aromatic heterocycles. The molecule has 0 fully saturated rings. The second-order valence-corrected chi connectivity index (χ2v) is 4.24. The van der Waals surface area contributed by atoms with Gasteiger partial charge in [-0.05, 0) is 19.1 Å². The molecule has 4 N–H and O–H groups in total. The summed E-state index contributed by atoms with van der Waals surface area (Å²) in [5, 5.41) is 11.1. The number of carboxylic acid groups (broad SMARTS) is 1. The molecule has 0 aliphatic heterocycles. The maximum absolute atomic E-state index is 11.5. The molecule has 0 saturated carbocycles. The van der Waals surface area contributed by atoms with Crippen LogP contribution in [0.25, 0.3) is 0 Å². The minimum atomic E-state index is -1.10. The summed E-state index contributed by atoms with van der Waals surface area (Å²) in [5.41, 5.74) is 5.44. The van der Waals surface area contributed by atoms with Gasteiger partial charge in [0, 0.05) is 0 Å². The van der Waals surface area contributed by atoms with E-state index in [1.165, 1.54) is 0 Å². The molecule has 0 aliphatic rings. The van der Waals surface area contributed by atoms with Crippen molar-refractivity contribution in [3.05, 3.63) is 30.3 Å². The first-order valence-electron chi connectivity index (χ1n) is 5.94. The van der Waals surface area contributed by atoms with Crippen LogP contribution < -0.4 is 15.8 Å². The second kappa shape index (κ2) is 7.38. The number of rotatable bonds is 7. The number of nitrogens with one attached hydrogen (secondary N) is 1. The Morgan fingerprint density at radius 1 is 1.37 bits per heavy atom. The predicted molar refractivity (Wildman–Crippen MR) is 69.8 cm³/mol. The van der Waals surface area contributed by atoms with Crippen LogP contribution in [0.2, 0.25) is 0 Å². The van der Waals surface area contributed by atoms with Crippen molar-refractivity contribution in [3.8, 4) is 5.75 Å². The van der Waals surface area contributed by atoms with Crippen LogP contribution >= 0.6 is 0 Å². The number of carbonyl (C=O) groups excluding carboxylic acids is 1. The molecule has 104 valence electrons. The van der Waals surface area contributed by atoms with Crippen molar-refractivity contribution in [2.24, 2.45) is 5.73 Å². The van der Waals surface area contributed by atoms with Crippen LogP contribution in [-0.2, 0) is 9.59 Å². The van der Waals surface area contributed by atoms with Gasteiger partial charge in [-0.2, -0.15) is 0 Å². The van der Waals surface area contributed by atoms with Gasteiger partial charge >= 0.3 is 5.97 Å². The molecule has 1 amide bonds. The molecule has 19 heavy (non-hydrogen) atoms. The molecule has 6 nitrogen and oxygen atoms in total. The van der Waals surface area contributed by atoms with Gasteiger partial charge in [-0.1, -0.05) is 18.2 Å². The lowest BCUT2D eigenvalue weighted by Crippen LogP contribution is -2.47. The van der Waals surface area contributed by atoms with Gasteiger partial charge in [-0.25, -0.2) is 0 Å². The van der Waals surface area contributed by atoms with Crippen LogP contribution in [0.1, 0.15) is 13.3 Å². The van der Waals surface area contributed by atoms with E-state index < -0.39 is 24.3 Å². The van der Waals surface area contributed by atoms with Gasteiger partial charge in [0.2, 0.25) is 5.91 Å². The van der Waals surface area contributed by atoms with Crippen molar-refractivity contribution in [2.45, 2.75) is 25.4 Å². The standard InChI is InChI=1S/C13H18N2O4/c1-9(8-19-10-5-3-2-4-6-10)15-13(18)11(14)7-12(16)17/h2-6,9,11H,7-8,14H2,1H3,(H,15,18)(H,16,17)/t9-,11-/m0/s1. The lowest BCUT2D eigenvalue weighted by molar-refractivity contribution is -0.139. The van der Waals surface area contributed by atoms with Crippen LogP contribution in [0.4, 0.5) is 0 Å². The number of ether oxygens (including phenoxy) is 1. The zero-order valence-electron chi connectivity index (χ0n) is 10.7. The Bertz CT molecular complexity index is 422. The predicted octanol–water partition coefficient (Wildman–Crippen LogP) is 0.372. The van der Waals surface area contributed by atoms with Crippen LogP contribution in [0, 0.1) is 0 Å². The summed E-state index contributed by atoms with van der Waals surface area (Å²) in [4.78, 5) is 22.0. The third-order valence-corrected chi connectivity index (χ3v) is 2.36. The monoisotopic (exact) mass is 266 g/mol. The average molecular weight is 266 g/mol. The third kappa shape index (κ3) is 5.87. The highest BCUT2D eigenvalue weighted by molar-refractivity contribution is 5.86. The van der Waals surface area contributed by atoms with Gasteiger partial charge < -0.3 is 20.9 Å². The fraction of sp³-hybridized carbons (Fsp3) is 0.385. The number of carbonyl (C=O) groups is 2. The quantitative estimate of drug-likeness (QED) is 0.662. The lowest BCUT2D eigenvalue weighted by Gasteiger charge is -2.17.